The van der Waals surface area contributed by atoms with Crippen LogP contribution in [0, 0.1) is 5.82 Å². The van der Waals surface area contributed by atoms with E-state index in [2.05, 4.69) is 4.98 Å². The van der Waals surface area contributed by atoms with E-state index >= 15 is 0 Å². The predicted octanol–water partition coefficient (Wildman–Crippen LogP) is 3.58. The highest BCUT2D eigenvalue weighted by Gasteiger charge is 2.14. The smallest absolute Gasteiger partial charge is 0.129 e. The van der Waals surface area contributed by atoms with Gasteiger partial charge < -0.3 is 10.1 Å². The molecule has 0 aliphatic rings. The van der Waals surface area contributed by atoms with E-state index < -0.39 is 6.10 Å². The number of nitrogens with one attached hydrogen (secondary N) is 1. The van der Waals surface area contributed by atoms with Crippen molar-refractivity contribution in [2.45, 2.75) is 12.5 Å². The Hall–Kier alpha value is -2.13. The lowest BCUT2D eigenvalue weighted by molar-refractivity contribution is 0.174. The minimum atomic E-state index is -0.833. The van der Waals surface area contributed by atoms with Crippen molar-refractivity contribution in [1.82, 2.24) is 4.98 Å². The topological polar surface area (TPSA) is 36.0 Å². The Morgan fingerprint density at radius 3 is 2.63 bits per heavy atom. The van der Waals surface area contributed by atoms with Crippen LogP contribution in [0.5, 0.6) is 0 Å². The van der Waals surface area contributed by atoms with E-state index in [0.717, 1.165) is 16.5 Å². The highest BCUT2D eigenvalue weighted by Crippen LogP contribution is 2.25. The summed E-state index contributed by atoms with van der Waals surface area (Å²) in [6.07, 6.45) is 1.43. The first-order valence-corrected chi connectivity index (χ1v) is 6.23. The number of hydrogen-bond donors (Lipinski definition) is 2. The van der Waals surface area contributed by atoms with Crippen LogP contribution in [0.3, 0.4) is 0 Å². The number of aliphatic hydroxyl groups excluding tert-OH is 1. The molecule has 0 aliphatic heterocycles. The van der Waals surface area contributed by atoms with Crippen molar-refractivity contribution in [1.29, 1.82) is 0 Å². The molecular formula is C16H14FNO. The van der Waals surface area contributed by atoms with E-state index in [4.69, 9.17) is 0 Å². The predicted molar refractivity (Wildman–Crippen MR) is 73.4 cm³/mol. The minimum absolute atomic E-state index is 0.341. The lowest BCUT2D eigenvalue weighted by Crippen LogP contribution is -2.03. The molecule has 3 aromatic rings. The standard InChI is InChI=1S/C16H14FNO/c17-14-7-3-1-6-13(14)16(19)9-11-10-18-15-8-4-2-5-12(11)15/h1-8,10,16,18-19H,9H2. The zero-order valence-electron chi connectivity index (χ0n) is 10.3. The van der Waals surface area contributed by atoms with Gasteiger partial charge in [0, 0.05) is 29.1 Å². The van der Waals surface area contributed by atoms with E-state index in [1.54, 1.807) is 18.2 Å². The van der Waals surface area contributed by atoms with Crippen molar-refractivity contribution in [3.05, 3.63) is 71.7 Å². The van der Waals surface area contributed by atoms with Gasteiger partial charge in [0.25, 0.3) is 0 Å². The number of para-hydroxylation sites is 1. The monoisotopic (exact) mass is 255 g/mol. The summed E-state index contributed by atoms with van der Waals surface area (Å²) >= 11 is 0. The Kier molecular flexibility index (Phi) is 3.05. The largest absolute Gasteiger partial charge is 0.388 e. The number of aliphatic hydroxyl groups is 1. The molecule has 0 spiro atoms. The first-order valence-electron chi connectivity index (χ1n) is 6.23. The molecule has 3 heteroatoms. The lowest BCUT2D eigenvalue weighted by atomic mass is 10.0. The quantitative estimate of drug-likeness (QED) is 0.737. The third-order valence-electron chi connectivity index (χ3n) is 3.35. The number of rotatable bonds is 3. The maximum absolute atomic E-state index is 13.6. The average molecular weight is 255 g/mol. The van der Waals surface area contributed by atoms with Crippen LogP contribution in [0.15, 0.2) is 54.7 Å². The SMILES string of the molecule is OC(Cc1c[nH]c2ccccc12)c1ccccc1F. The second-order valence-electron chi connectivity index (χ2n) is 4.60. The van der Waals surface area contributed by atoms with Crippen molar-refractivity contribution in [3.8, 4) is 0 Å². The maximum Gasteiger partial charge on any atom is 0.129 e. The number of aromatic amines is 1. The molecule has 1 atom stereocenters. The fourth-order valence-corrected chi connectivity index (χ4v) is 2.36. The van der Waals surface area contributed by atoms with Crippen LogP contribution < -0.4 is 0 Å². The zero-order valence-corrected chi connectivity index (χ0v) is 10.3. The molecule has 2 nitrogen and oxygen atoms in total. The lowest BCUT2D eigenvalue weighted by Gasteiger charge is -2.11. The van der Waals surface area contributed by atoms with Gasteiger partial charge in [-0.05, 0) is 17.7 Å². The molecule has 2 aromatic carbocycles. The summed E-state index contributed by atoms with van der Waals surface area (Å²) in [6.45, 7) is 0. The van der Waals surface area contributed by atoms with Crippen LogP contribution in [-0.4, -0.2) is 10.1 Å². The number of fused-ring (bicyclic) bond motifs is 1. The van der Waals surface area contributed by atoms with Crippen molar-refractivity contribution < 1.29 is 9.50 Å². The van der Waals surface area contributed by atoms with Gasteiger partial charge in [-0.2, -0.15) is 0 Å². The number of hydrogen-bond acceptors (Lipinski definition) is 1. The van der Waals surface area contributed by atoms with E-state index in [1.807, 2.05) is 30.5 Å². The summed E-state index contributed by atoms with van der Waals surface area (Å²) in [5, 5.41) is 11.2. The second kappa shape index (κ2) is 4.86. The van der Waals surface area contributed by atoms with Gasteiger partial charge in [-0.15, -0.1) is 0 Å². The van der Waals surface area contributed by atoms with Gasteiger partial charge in [-0.1, -0.05) is 36.4 Å². The van der Waals surface area contributed by atoms with Crippen LogP contribution in [0.25, 0.3) is 10.9 Å². The second-order valence-corrected chi connectivity index (χ2v) is 4.60. The molecule has 1 aromatic heterocycles. The van der Waals surface area contributed by atoms with Crippen LogP contribution in [0.4, 0.5) is 4.39 Å². The van der Waals surface area contributed by atoms with Crippen molar-refractivity contribution in [3.63, 3.8) is 0 Å². The molecule has 1 unspecified atom stereocenters. The fraction of sp³-hybridized carbons (Fsp3) is 0.125. The minimum Gasteiger partial charge on any atom is -0.388 e. The first kappa shape index (κ1) is 11.9. The highest BCUT2D eigenvalue weighted by molar-refractivity contribution is 5.83. The van der Waals surface area contributed by atoms with Crippen LogP contribution in [-0.2, 0) is 6.42 Å². The molecule has 3 rings (SSSR count). The zero-order chi connectivity index (χ0) is 13.2. The van der Waals surface area contributed by atoms with Crippen molar-refractivity contribution in [2.75, 3.05) is 0 Å². The van der Waals surface area contributed by atoms with E-state index in [1.165, 1.54) is 6.07 Å². The number of halogens is 1. The summed E-state index contributed by atoms with van der Waals surface area (Å²) in [5.74, 6) is -0.366. The molecule has 0 fully saturated rings. The van der Waals surface area contributed by atoms with Crippen LogP contribution >= 0.6 is 0 Å². The van der Waals surface area contributed by atoms with Gasteiger partial charge in [0.2, 0.25) is 0 Å². The van der Waals surface area contributed by atoms with Gasteiger partial charge in [0.05, 0.1) is 6.10 Å². The third kappa shape index (κ3) is 2.25. The summed E-state index contributed by atoms with van der Waals surface area (Å²) in [6, 6.07) is 14.2. The van der Waals surface area contributed by atoms with E-state index in [9.17, 15) is 9.50 Å². The molecular weight excluding hydrogens is 241 g/mol. The molecule has 2 N–H and O–H groups in total. The molecule has 19 heavy (non-hydrogen) atoms. The molecule has 0 amide bonds. The van der Waals surface area contributed by atoms with Crippen LogP contribution in [0.2, 0.25) is 0 Å². The fourth-order valence-electron chi connectivity index (χ4n) is 2.36. The third-order valence-corrected chi connectivity index (χ3v) is 3.35. The van der Waals surface area contributed by atoms with E-state index in [-0.39, 0.29) is 5.82 Å². The maximum atomic E-state index is 13.6. The van der Waals surface area contributed by atoms with Crippen LogP contribution in [0.1, 0.15) is 17.2 Å². The Labute approximate surface area is 110 Å². The Morgan fingerprint density at radius 1 is 1.05 bits per heavy atom. The van der Waals surface area contributed by atoms with E-state index in [0.29, 0.717) is 12.0 Å². The molecule has 0 radical (unpaired) electrons. The Balaban J connectivity index is 1.91. The highest BCUT2D eigenvalue weighted by atomic mass is 19.1. The summed E-state index contributed by atoms with van der Waals surface area (Å²) in [5.41, 5.74) is 2.36. The Bertz CT molecular complexity index is 705. The molecule has 0 saturated heterocycles. The Morgan fingerprint density at radius 2 is 1.79 bits per heavy atom. The van der Waals surface area contributed by atoms with Gasteiger partial charge in [0.1, 0.15) is 5.82 Å². The van der Waals surface area contributed by atoms with Gasteiger partial charge in [-0.3, -0.25) is 0 Å². The summed E-state index contributed by atoms with van der Waals surface area (Å²) in [4.78, 5) is 3.15. The summed E-state index contributed by atoms with van der Waals surface area (Å²) < 4.78 is 13.6. The van der Waals surface area contributed by atoms with Gasteiger partial charge in [-0.25, -0.2) is 4.39 Å². The number of aromatic nitrogens is 1. The molecule has 0 saturated carbocycles. The molecule has 1 heterocycles. The molecule has 96 valence electrons. The van der Waals surface area contributed by atoms with Gasteiger partial charge >= 0.3 is 0 Å². The van der Waals surface area contributed by atoms with Crippen molar-refractivity contribution >= 4 is 10.9 Å². The van der Waals surface area contributed by atoms with Gasteiger partial charge in [0.15, 0.2) is 0 Å². The molecule has 0 aliphatic carbocycles. The van der Waals surface area contributed by atoms with Crippen molar-refractivity contribution in [2.24, 2.45) is 0 Å². The first-order chi connectivity index (χ1) is 9.25. The summed E-state index contributed by atoms with van der Waals surface area (Å²) in [7, 11) is 0. The normalized spacial score (nSPS) is 12.7. The number of H-pyrrole nitrogens is 1. The molecule has 0 bridgehead atoms. The number of benzene rings is 2. The average Bonchev–Trinajstić information content (AvgIpc) is 2.83.